The van der Waals surface area contributed by atoms with Crippen LogP contribution >= 0.6 is 22.9 Å². The van der Waals surface area contributed by atoms with Gasteiger partial charge >= 0.3 is 12.1 Å². The van der Waals surface area contributed by atoms with E-state index in [2.05, 4.69) is 33.5 Å². The van der Waals surface area contributed by atoms with E-state index in [1.807, 2.05) is 15.2 Å². The van der Waals surface area contributed by atoms with E-state index in [4.69, 9.17) is 28.5 Å². The number of thiophene rings is 1. The Morgan fingerprint density at radius 3 is 2.41 bits per heavy atom. The van der Waals surface area contributed by atoms with Crippen molar-refractivity contribution >= 4 is 52.3 Å². The van der Waals surface area contributed by atoms with Crippen LogP contribution in [0.25, 0.3) is 0 Å². The molecule has 5 heterocycles. The second kappa shape index (κ2) is 14.1. The lowest BCUT2D eigenvalue weighted by Crippen LogP contribution is -2.54. The summed E-state index contributed by atoms with van der Waals surface area (Å²) in [6.07, 6.45) is 7.23. The Bertz CT molecular complexity index is 1490. The minimum absolute atomic E-state index is 0.00947. The number of nitrogens with two attached hydrogens (primary N) is 1. The average Bonchev–Trinajstić information content (AvgIpc) is 3.53. The van der Waals surface area contributed by atoms with Gasteiger partial charge in [0.25, 0.3) is 5.91 Å². The molecule has 0 saturated carbocycles. The number of nitrogens with one attached hydrogen (secondary N) is 1. The summed E-state index contributed by atoms with van der Waals surface area (Å²) < 4.78 is 6.01. The number of hydrogen-bond donors (Lipinski definition) is 2. The average molecular weight is 668 g/mol. The van der Waals surface area contributed by atoms with Crippen molar-refractivity contribution in [3.63, 3.8) is 0 Å². The fourth-order valence-electron chi connectivity index (χ4n) is 7.00. The number of hydrogen-bond acceptors (Lipinski definition) is 8. The lowest BCUT2D eigenvalue weighted by Gasteiger charge is -2.42. The lowest BCUT2D eigenvalue weighted by atomic mass is 9.99. The maximum absolute atomic E-state index is 14.0. The van der Waals surface area contributed by atoms with Crippen molar-refractivity contribution < 1.29 is 19.1 Å². The maximum atomic E-state index is 14.0. The fraction of sp³-hybridized carbons (Fsp3) is 0.545. The first-order valence-electron chi connectivity index (χ1n) is 16.0. The first-order valence-corrected chi connectivity index (χ1v) is 17.4. The van der Waals surface area contributed by atoms with Crippen LogP contribution < -0.4 is 11.1 Å². The lowest BCUT2D eigenvalue weighted by molar-refractivity contribution is -0.142. The molecular formula is C33H42ClN7O4S. The summed E-state index contributed by atoms with van der Waals surface area (Å²) in [7, 11) is 2.15. The number of amides is 4. The topological polar surface area (TPSA) is 115 Å². The van der Waals surface area contributed by atoms with Crippen LogP contribution in [-0.2, 0) is 22.5 Å². The third kappa shape index (κ3) is 7.08. The number of ether oxygens (including phenoxy) is 1. The number of benzene rings is 1. The highest BCUT2D eigenvalue weighted by Crippen LogP contribution is 2.31. The zero-order valence-corrected chi connectivity index (χ0v) is 27.8. The van der Waals surface area contributed by atoms with Gasteiger partial charge < -0.3 is 35.4 Å². The highest BCUT2D eigenvalue weighted by molar-refractivity contribution is 7.08. The zero-order valence-electron chi connectivity index (χ0n) is 26.3. The number of fused-ring (bicyclic) bond motifs is 1. The van der Waals surface area contributed by atoms with Crippen molar-refractivity contribution in [2.45, 2.75) is 56.8 Å². The van der Waals surface area contributed by atoms with E-state index in [0.29, 0.717) is 73.4 Å². The Morgan fingerprint density at radius 2 is 1.72 bits per heavy atom. The number of nitrogens with zero attached hydrogens (tertiary/aromatic N) is 5. The molecule has 3 saturated heterocycles. The van der Waals surface area contributed by atoms with Gasteiger partial charge in [-0.1, -0.05) is 17.5 Å². The predicted octanol–water partition coefficient (Wildman–Crippen LogP) is 3.76. The number of carbonyl (C=O) groups is 3. The minimum Gasteiger partial charge on any atom is -0.436 e. The number of carbonyl (C=O) groups excluding carboxylic acids is 3. The molecule has 3 fully saturated rings. The molecular weight excluding hydrogens is 626 g/mol. The summed E-state index contributed by atoms with van der Waals surface area (Å²) in [5.74, 6) is 2.34. The smallest absolute Gasteiger partial charge is 0.410 e. The Kier molecular flexibility index (Phi) is 9.94. The van der Waals surface area contributed by atoms with Crippen molar-refractivity contribution in [2.75, 3.05) is 70.5 Å². The van der Waals surface area contributed by atoms with Crippen LogP contribution in [0.2, 0.25) is 5.02 Å². The van der Waals surface area contributed by atoms with E-state index in [1.165, 1.54) is 0 Å². The van der Waals surface area contributed by atoms with E-state index in [1.54, 1.807) is 28.4 Å². The van der Waals surface area contributed by atoms with E-state index in [-0.39, 0.29) is 24.4 Å². The van der Waals surface area contributed by atoms with E-state index in [0.717, 1.165) is 50.3 Å². The molecule has 0 bridgehead atoms. The molecule has 11 nitrogen and oxygen atoms in total. The molecule has 13 heteroatoms. The van der Waals surface area contributed by atoms with E-state index < -0.39 is 12.2 Å². The van der Waals surface area contributed by atoms with Crippen molar-refractivity contribution in [2.24, 2.45) is 0 Å². The number of likely N-dealkylation sites (tertiary alicyclic amines) is 2. The van der Waals surface area contributed by atoms with Gasteiger partial charge in [0, 0.05) is 87.4 Å². The number of rotatable bonds is 6. The van der Waals surface area contributed by atoms with Gasteiger partial charge in [0.1, 0.15) is 0 Å². The molecule has 4 aliphatic rings. The molecule has 1 aromatic carbocycles. The molecule has 0 aliphatic carbocycles. The molecule has 6 rings (SSSR count). The summed E-state index contributed by atoms with van der Waals surface area (Å²) in [5, 5.41) is 7.27. The molecule has 4 amide bonds. The van der Waals surface area contributed by atoms with E-state index >= 15 is 0 Å². The third-order valence-corrected chi connectivity index (χ3v) is 11.0. The van der Waals surface area contributed by atoms with Crippen LogP contribution in [0.3, 0.4) is 0 Å². The van der Waals surface area contributed by atoms with Crippen molar-refractivity contribution in [3.05, 3.63) is 44.6 Å². The molecule has 1 aromatic heterocycles. The quantitative estimate of drug-likeness (QED) is 0.356. The second-order valence-electron chi connectivity index (χ2n) is 12.7. The van der Waals surface area contributed by atoms with Crippen LogP contribution in [0, 0.1) is 12.3 Å². The summed E-state index contributed by atoms with van der Waals surface area (Å²) in [5.41, 5.74) is 9.45. The van der Waals surface area contributed by atoms with Gasteiger partial charge in [-0.3, -0.25) is 9.69 Å². The number of halogens is 1. The van der Waals surface area contributed by atoms with Crippen LogP contribution in [-0.4, -0.2) is 120 Å². The summed E-state index contributed by atoms with van der Waals surface area (Å²) in [4.78, 5) is 50.5. The Hall–Kier alpha value is -3.50. The third-order valence-electron chi connectivity index (χ3n) is 9.86. The Labute approximate surface area is 279 Å². The normalized spacial score (nSPS) is 21.0. The number of piperazine rings is 1. The highest BCUT2D eigenvalue weighted by atomic mass is 35.5. The van der Waals surface area contributed by atoms with Crippen LogP contribution in [0.5, 0.6) is 0 Å². The Morgan fingerprint density at radius 1 is 1.04 bits per heavy atom. The predicted molar refractivity (Wildman–Crippen MR) is 180 cm³/mol. The van der Waals surface area contributed by atoms with Gasteiger partial charge in [0.05, 0.1) is 22.9 Å². The first-order chi connectivity index (χ1) is 22.2. The van der Waals surface area contributed by atoms with Gasteiger partial charge in [-0.2, -0.15) is 0 Å². The van der Waals surface area contributed by atoms with Gasteiger partial charge in [-0.25, -0.2) is 9.59 Å². The van der Waals surface area contributed by atoms with Gasteiger partial charge in [0.15, 0.2) is 6.10 Å². The fourth-order valence-corrected chi connectivity index (χ4v) is 8.02. The number of terminal acetylenes is 1. The van der Waals surface area contributed by atoms with Crippen molar-refractivity contribution in [1.82, 2.24) is 24.5 Å². The van der Waals surface area contributed by atoms with E-state index in [9.17, 15) is 14.4 Å². The monoisotopic (exact) mass is 667 g/mol. The van der Waals surface area contributed by atoms with Crippen LogP contribution in [0.4, 0.5) is 21.0 Å². The number of nitrogen functional groups attached to an aromatic ring is 1. The molecule has 2 aromatic rings. The number of urea groups is 1. The van der Waals surface area contributed by atoms with Crippen molar-refractivity contribution in [1.29, 1.82) is 0 Å². The van der Waals surface area contributed by atoms with Gasteiger partial charge in [-0.05, 0) is 55.8 Å². The minimum atomic E-state index is -1.04. The van der Waals surface area contributed by atoms with Gasteiger partial charge in [0.2, 0.25) is 0 Å². The molecule has 46 heavy (non-hydrogen) atoms. The molecule has 0 radical (unpaired) electrons. The second-order valence-corrected chi connectivity index (χ2v) is 13.9. The molecule has 0 unspecified atom stereocenters. The highest BCUT2D eigenvalue weighted by Gasteiger charge is 2.37. The number of likely N-dealkylation sites (N-methyl/N-ethyl adjacent to an activating group) is 1. The van der Waals surface area contributed by atoms with Gasteiger partial charge in [-0.15, -0.1) is 17.8 Å². The summed E-state index contributed by atoms with van der Waals surface area (Å²) >= 11 is 7.94. The Balaban J connectivity index is 1.10. The molecule has 1 atom stereocenters. The van der Waals surface area contributed by atoms with Crippen molar-refractivity contribution in [3.8, 4) is 12.3 Å². The largest absolute Gasteiger partial charge is 0.436 e. The standard InChI is InChI=1S/C33H42ClN7O4S/c1-3-23-16-22(17-27(34)30(23)35)18-29(31(42)39-8-4-25(5-9-39)38-14-12-37(2)13-15-38)45-33(44)40-10-6-26(7-11-40)41-19-24-20-46-21-28(24)36-32(41)43/h1,16-17,20-21,25-26,29H,4-15,18-19,35H2,2H3,(H,36,43)/t29-/m1/s1. The number of anilines is 2. The SMILES string of the molecule is C#Cc1cc(C[C@@H](OC(=O)N2CCC(N3Cc4cscc4NC3=O)CC2)C(=O)N2CCC(N3CCN(C)CC3)CC2)cc(Cl)c1N. The maximum Gasteiger partial charge on any atom is 0.410 e. The number of piperidine rings is 2. The molecule has 3 N–H and O–H groups in total. The zero-order chi connectivity index (χ0) is 32.4. The molecule has 4 aliphatic heterocycles. The first kappa shape index (κ1) is 32.4. The summed E-state index contributed by atoms with van der Waals surface area (Å²) in [6.45, 7) is 6.82. The molecule has 246 valence electrons. The summed E-state index contributed by atoms with van der Waals surface area (Å²) in [6, 6.07) is 3.75. The van der Waals surface area contributed by atoms with Crippen LogP contribution in [0.15, 0.2) is 22.9 Å². The van der Waals surface area contributed by atoms with Crippen LogP contribution in [0.1, 0.15) is 42.4 Å². The molecule has 0 spiro atoms.